The van der Waals surface area contributed by atoms with E-state index in [-0.39, 0.29) is 17.3 Å². The SMILES string of the molecule is O=C(O)c1ccc(N2CC3(CCCCC3)OC2=O)cc1. The fraction of sp³-hybridized carbons (Fsp3) is 0.467. The summed E-state index contributed by atoms with van der Waals surface area (Å²) < 4.78 is 5.61. The van der Waals surface area contributed by atoms with E-state index in [1.54, 1.807) is 17.0 Å². The summed E-state index contributed by atoms with van der Waals surface area (Å²) in [5, 5.41) is 8.89. The number of hydrogen-bond acceptors (Lipinski definition) is 3. The van der Waals surface area contributed by atoms with Gasteiger partial charge in [0.15, 0.2) is 0 Å². The van der Waals surface area contributed by atoms with E-state index in [4.69, 9.17) is 9.84 Å². The number of hydrogen-bond donors (Lipinski definition) is 1. The number of carbonyl (C=O) groups is 2. The van der Waals surface area contributed by atoms with Crippen LogP contribution in [0.2, 0.25) is 0 Å². The van der Waals surface area contributed by atoms with Crippen molar-refractivity contribution >= 4 is 17.7 Å². The minimum Gasteiger partial charge on any atom is -0.478 e. The molecule has 0 bridgehead atoms. The molecule has 2 fully saturated rings. The van der Waals surface area contributed by atoms with Gasteiger partial charge in [0.2, 0.25) is 0 Å². The fourth-order valence-electron chi connectivity index (χ4n) is 3.06. The van der Waals surface area contributed by atoms with Crippen molar-refractivity contribution in [1.29, 1.82) is 0 Å². The number of carboxylic acid groups (broad SMARTS) is 1. The lowest BCUT2D eigenvalue weighted by Gasteiger charge is -2.30. The van der Waals surface area contributed by atoms with Gasteiger partial charge in [0, 0.05) is 5.69 Å². The highest BCUT2D eigenvalue weighted by Gasteiger charge is 2.46. The van der Waals surface area contributed by atoms with Crippen LogP contribution in [0.4, 0.5) is 10.5 Å². The summed E-state index contributed by atoms with van der Waals surface area (Å²) in [7, 11) is 0. The minimum atomic E-state index is -0.968. The molecule has 3 rings (SSSR count). The first-order valence-corrected chi connectivity index (χ1v) is 6.94. The van der Waals surface area contributed by atoms with Crippen LogP contribution in [0.5, 0.6) is 0 Å². The summed E-state index contributed by atoms with van der Waals surface area (Å²) >= 11 is 0. The molecule has 0 unspecified atom stereocenters. The van der Waals surface area contributed by atoms with Gasteiger partial charge in [-0.05, 0) is 49.9 Å². The molecule has 1 N–H and O–H groups in total. The van der Waals surface area contributed by atoms with E-state index < -0.39 is 5.97 Å². The smallest absolute Gasteiger partial charge is 0.415 e. The largest absolute Gasteiger partial charge is 0.478 e. The first-order chi connectivity index (χ1) is 9.60. The molecule has 0 radical (unpaired) electrons. The summed E-state index contributed by atoms with van der Waals surface area (Å²) in [4.78, 5) is 24.5. The Balaban J connectivity index is 1.80. The Kier molecular flexibility index (Phi) is 3.12. The van der Waals surface area contributed by atoms with Gasteiger partial charge in [0.1, 0.15) is 5.60 Å². The van der Waals surface area contributed by atoms with Gasteiger partial charge in [0.25, 0.3) is 0 Å². The average Bonchev–Trinajstić information content (AvgIpc) is 2.76. The third kappa shape index (κ3) is 2.24. The first-order valence-electron chi connectivity index (χ1n) is 6.94. The Bertz CT molecular complexity index is 531. The van der Waals surface area contributed by atoms with E-state index in [9.17, 15) is 9.59 Å². The van der Waals surface area contributed by atoms with Gasteiger partial charge in [-0.2, -0.15) is 0 Å². The van der Waals surface area contributed by atoms with Gasteiger partial charge in [-0.3, -0.25) is 4.90 Å². The Hall–Kier alpha value is -2.04. The highest BCUT2D eigenvalue weighted by molar-refractivity contribution is 5.92. The lowest BCUT2D eigenvalue weighted by molar-refractivity contribution is 0.0260. The fourth-order valence-corrected chi connectivity index (χ4v) is 3.06. The number of carbonyl (C=O) groups excluding carboxylic acids is 1. The number of carboxylic acids is 1. The second-order valence-electron chi connectivity index (χ2n) is 5.55. The van der Waals surface area contributed by atoms with E-state index in [1.807, 2.05) is 0 Å². The molecule has 1 saturated heterocycles. The highest BCUT2D eigenvalue weighted by Crippen LogP contribution is 2.38. The van der Waals surface area contributed by atoms with Gasteiger partial charge in [-0.1, -0.05) is 6.42 Å². The molecule has 20 heavy (non-hydrogen) atoms. The van der Waals surface area contributed by atoms with E-state index in [1.165, 1.54) is 18.6 Å². The van der Waals surface area contributed by atoms with Gasteiger partial charge in [-0.15, -0.1) is 0 Å². The molecule has 0 atom stereocenters. The number of aromatic carboxylic acids is 1. The van der Waals surface area contributed by atoms with Crippen molar-refractivity contribution in [2.45, 2.75) is 37.7 Å². The molecule has 1 aliphatic carbocycles. The van der Waals surface area contributed by atoms with Crippen LogP contribution in [0.1, 0.15) is 42.5 Å². The number of anilines is 1. The molecule has 1 heterocycles. The maximum atomic E-state index is 12.1. The van der Waals surface area contributed by atoms with Crippen molar-refractivity contribution in [3.05, 3.63) is 29.8 Å². The Morgan fingerprint density at radius 3 is 2.40 bits per heavy atom. The van der Waals surface area contributed by atoms with E-state index in [0.29, 0.717) is 12.2 Å². The van der Waals surface area contributed by atoms with Gasteiger partial charge in [0.05, 0.1) is 12.1 Å². The van der Waals surface area contributed by atoms with Crippen LogP contribution in [-0.2, 0) is 4.74 Å². The predicted molar refractivity (Wildman–Crippen MR) is 73.0 cm³/mol. The van der Waals surface area contributed by atoms with Gasteiger partial charge < -0.3 is 9.84 Å². The van der Waals surface area contributed by atoms with Crippen LogP contribution in [0, 0.1) is 0 Å². The van der Waals surface area contributed by atoms with E-state index in [0.717, 1.165) is 25.7 Å². The minimum absolute atomic E-state index is 0.216. The summed E-state index contributed by atoms with van der Waals surface area (Å²) in [6, 6.07) is 6.34. The maximum Gasteiger partial charge on any atom is 0.415 e. The molecular weight excluding hydrogens is 258 g/mol. The molecule has 2 aliphatic rings. The van der Waals surface area contributed by atoms with Crippen LogP contribution in [0.15, 0.2) is 24.3 Å². The van der Waals surface area contributed by atoms with Crippen LogP contribution < -0.4 is 4.90 Å². The summed E-state index contributed by atoms with van der Waals surface area (Å²) in [5.74, 6) is -0.968. The van der Waals surface area contributed by atoms with Crippen LogP contribution in [0.25, 0.3) is 0 Å². The monoisotopic (exact) mass is 275 g/mol. The van der Waals surface area contributed by atoms with Crippen molar-refractivity contribution in [1.82, 2.24) is 0 Å². The van der Waals surface area contributed by atoms with Crippen molar-refractivity contribution in [2.75, 3.05) is 11.4 Å². The third-order valence-corrected chi connectivity index (χ3v) is 4.16. The second kappa shape index (κ2) is 4.81. The Morgan fingerprint density at radius 2 is 1.80 bits per heavy atom. The number of rotatable bonds is 2. The number of amides is 1. The maximum absolute atomic E-state index is 12.1. The van der Waals surface area contributed by atoms with Crippen molar-refractivity contribution in [2.24, 2.45) is 0 Å². The molecular formula is C15H17NO4. The van der Waals surface area contributed by atoms with Gasteiger partial charge in [-0.25, -0.2) is 9.59 Å². The summed E-state index contributed by atoms with van der Waals surface area (Å²) in [6.07, 6.45) is 4.91. The number of nitrogens with zero attached hydrogens (tertiary/aromatic N) is 1. The quantitative estimate of drug-likeness (QED) is 0.900. The Labute approximate surface area is 117 Å². The number of benzene rings is 1. The standard InChI is InChI=1S/C15H17NO4/c17-13(18)11-4-6-12(7-5-11)16-10-15(20-14(16)19)8-2-1-3-9-15/h4-7H,1-3,8-10H2,(H,17,18). The zero-order valence-corrected chi connectivity index (χ0v) is 11.2. The molecule has 5 nitrogen and oxygen atoms in total. The normalized spacial score (nSPS) is 21.0. The molecule has 1 aromatic rings. The van der Waals surface area contributed by atoms with Crippen LogP contribution in [0.3, 0.4) is 0 Å². The molecule has 1 aliphatic heterocycles. The molecule has 5 heteroatoms. The second-order valence-corrected chi connectivity index (χ2v) is 5.55. The lowest BCUT2D eigenvalue weighted by atomic mass is 9.85. The van der Waals surface area contributed by atoms with Crippen molar-refractivity contribution < 1.29 is 19.4 Å². The molecule has 1 spiro atoms. The molecule has 1 amide bonds. The Morgan fingerprint density at radius 1 is 1.15 bits per heavy atom. The van der Waals surface area contributed by atoms with E-state index in [2.05, 4.69) is 0 Å². The zero-order valence-electron chi connectivity index (χ0n) is 11.2. The molecule has 0 aromatic heterocycles. The highest BCUT2D eigenvalue weighted by atomic mass is 16.6. The summed E-state index contributed by atoms with van der Waals surface area (Å²) in [5.41, 5.74) is 0.581. The van der Waals surface area contributed by atoms with Crippen LogP contribution in [-0.4, -0.2) is 29.3 Å². The topological polar surface area (TPSA) is 66.8 Å². The van der Waals surface area contributed by atoms with E-state index >= 15 is 0 Å². The molecule has 1 saturated carbocycles. The van der Waals surface area contributed by atoms with Crippen molar-refractivity contribution in [3.63, 3.8) is 0 Å². The third-order valence-electron chi connectivity index (χ3n) is 4.16. The lowest BCUT2D eigenvalue weighted by Crippen LogP contribution is -2.36. The van der Waals surface area contributed by atoms with Gasteiger partial charge >= 0.3 is 12.1 Å². The molecule has 1 aromatic carbocycles. The first kappa shape index (κ1) is 13.0. The molecule has 106 valence electrons. The summed E-state index contributed by atoms with van der Waals surface area (Å²) in [6.45, 7) is 0.568. The number of ether oxygens (including phenoxy) is 1. The predicted octanol–water partition coefficient (Wildman–Crippen LogP) is 3.04. The zero-order chi connectivity index (χ0) is 14.2. The average molecular weight is 275 g/mol. The van der Waals surface area contributed by atoms with Crippen LogP contribution >= 0.6 is 0 Å². The van der Waals surface area contributed by atoms with Crippen molar-refractivity contribution in [3.8, 4) is 0 Å².